The average molecular weight is 242 g/mol. The fraction of sp³-hybridized carbons (Fsp3) is 0.647. The molecule has 1 nitrogen and oxygen atoms in total. The molecule has 2 fully saturated rings. The van der Waals surface area contributed by atoms with Gasteiger partial charge in [-0.05, 0) is 54.2 Å². The van der Waals surface area contributed by atoms with Gasteiger partial charge in [0.25, 0.3) is 0 Å². The summed E-state index contributed by atoms with van der Waals surface area (Å²) < 4.78 is 6.23. The van der Waals surface area contributed by atoms with E-state index in [2.05, 4.69) is 32.0 Å². The SMILES string of the molecule is CC(C)C1COC2(CC2)c2cc(C3CC3)ccc21. The highest BCUT2D eigenvalue weighted by Gasteiger charge is 2.51. The quantitative estimate of drug-likeness (QED) is 0.750. The van der Waals surface area contributed by atoms with Gasteiger partial charge in [-0.15, -0.1) is 0 Å². The maximum atomic E-state index is 6.23. The zero-order chi connectivity index (χ0) is 12.3. The van der Waals surface area contributed by atoms with E-state index in [1.165, 1.54) is 31.2 Å². The van der Waals surface area contributed by atoms with Crippen LogP contribution in [-0.2, 0) is 10.3 Å². The van der Waals surface area contributed by atoms with Crippen molar-refractivity contribution in [3.63, 3.8) is 0 Å². The average Bonchev–Trinajstić information content (AvgIpc) is 3.24. The van der Waals surface area contributed by atoms with E-state index in [0.29, 0.717) is 11.8 Å². The van der Waals surface area contributed by atoms with Crippen molar-refractivity contribution in [3.05, 3.63) is 34.9 Å². The van der Waals surface area contributed by atoms with Gasteiger partial charge in [-0.2, -0.15) is 0 Å². The van der Waals surface area contributed by atoms with E-state index in [1.807, 2.05) is 0 Å². The first-order chi connectivity index (χ1) is 8.70. The Kier molecular flexibility index (Phi) is 2.21. The molecule has 1 unspecified atom stereocenters. The monoisotopic (exact) mass is 242 g/mol. The molecule has 4 rings (SSSR count). The molecule has 2 saturated carbocycles. The molecule has 96 valence electrons. The summed E-state index contributed by atoms with van der Waals surface area (Å²) in [6, 6.07) is 7.28. The number of hydrogen-bond donors (Lipinski definition) is 0. The minimum absolute atomic E-state index is 0.131. The summed E-state index contributed by atoms with van der Waals surface area (Å²) >= 11 is 0. The third-order valence-corrected chi connectivity index (χ3v) is 5.06. The molecule has 3 aliphatic rings. The summed E-state index contributed by atoms with van der Waals surface area (Å²) in [7, 11) is 0. The summed E-state index contributed by atoms with van der Waals surface area (Å²) in [6.45, 7) is 5.56. The van der Waals surface area contributed by atoms with E-state index in [9.17, 15) is 0 Å². The predicted octanol–water partition coefficient (Wildman–Crippen LogP) is 4.32. The Morgan fingerprint density at radius 1 is 1.22 bits per heavy atom. The molecule has 0 amide bonds. The molecule has 1 aliphatic heterocycles. The molecule has 0 bridgehead atoms. The van der Waals surface area contributed by atoms with Crippen LogP contribution in [0.1, 0.15) is 68.1 Å². The van der Waals surface area contributed by atoms with Crippen LogP contribution in [0.15, 0.2) is 18.2 Å². The van der Waals surface area contributed by atoms with Gasteiger partial charge in [0.2, 0.25) is 0 Å². The Balaban J connectivity index is 1.81. The normalized spacial score (nSPS) is 28.5. The Morgan fingerprint density at radius 3 is 2.61 bits per heavy atom. The molecule has 18 heavy (non-hydrogen) atoms. The lowest BCUT2D eigenvalue weighted by molar-refractivity contribution is -0.00163. The number of rotatable bonds is 2. The maximum Gasteiger partial charge on any atom is 0.0936 e. The molecule has 2 aliphatic carbocycles. The van der Waals surface area contributed by atoms with Gasteiger partial charge >= 0.3 is 0 Å². The van der Waals surface area contributed by atoms with Crippen molar-refractivity contribution in [1.29, 1.82) is 0 Å². The Hall–Kier alpha value is -0.820. The second-order valence-electron chi connectivity index (χ2n) is 6.78. The van der Waals surface area contributed by atoms with Crippen LogP contribution >= 0.6 is 0 Å². The molecule has 0 aromatic heterocycles. The lowest BCUT2D eigenvalue weighted by atomic mass is 9.81. The standard InChI is InChI=1S/C17H22O/c1-11(2)15-10-18-17(7-8-17)16-9-13(12-3-4-12)5-6-14(15)16/h5-6,9,11-12,15H,3-4,7-8,10H2,1-2H3. The molecule has 1 heterocycles. The minimum atomic E-state index is 0.131. The van der Waals surface area contributed by atoms with Gasteiger partial charge in [-0.3, -0.25) is 0 Å². The predicted molar refractivity (Wildman–Crippen MR) is 72.9 cm³/mol. The van der Waals surface area contributed by atoms with Gasteiger partial charge < -0.3 is 4.74 Å². The largest absolute Gasteiger partial charge is 0.370 e. The van der Waals surface area contributed by atoms with Crippen LogP contribution in [0.5, 0.6) is 0 Å². The van der Waals surface area contributed by atoms with E-state index >= 15 is 0 Å². The van der Waals surface area contributed by atoms with Crippen molar-refractivity contribution in [3.8, 4) is 0 Å². The van der Waals surface area contributed by atoms with Crippen molar-refractivity contribution < 1.29 is 4.74 Å². The van der Waals surface area contributed by atoms with Gasteiger partial charge in [0.05, 0.1) is 12.2 Å². The zero-order valence-electron chi connectivity index (χ0n) is 11.4. The Morgan fingerprint density at radius 2 is 2.00 bits per heavy atom. The molecule has 0 radical (unpaired) electrons. The van der Waals surface area contributed by atoms with Crippen LogP contribution in [0.2, 0.25) is 0 Å². The summed E-state index contributed by atoms with van der Waals surface area (Å²) in [6.07, 6.45) is 5.25. The second-order valence-corrected chi connectivity index (χ2v) is 6.78. The van der Waals surface area contributed by atoms with Crippen molar-refractivity contribution in [2.24, 2.45) is 5.92 Å². The minimum Gasteiger partial charge on any atom is -0.370 e. The van der Waals surface area contributed by atoms with Crippen molar-refractivity contribution in [1.82, 2.24) is 0 Å². The highest BCUT2D eigenvalue weighted by molar-refractivity contribution is 5.45. The number of ether oxygens (including phenoxy) is 1. The highest BCUT2D eigenvalue weighted by Crippen LogP contribution is 2.56. The Labute approximate surface area is 110 Å². The lowest BCUT2D eigenvalue weighted by Crippen LogP contribution is -2.29. The molecule has 1 aromatic rings. The molecule has 0 saturated heterocycles. The topological polar surface area (TPSA) is 9.23 Å². The highest BCUT2D eigenvalue weighted by atomic mass is 16.5. The van der Waals surface area contributed by atoms with E-state index in [-0.39, 0.29) is 5.60 Å². The summed E-state index contributed by atoms with van der Waals surface area (Å²) in [5, 5.41) is 0. The van der Waals surface area contributed by atoms with Crippen LogP contribution in [0.4, 0.5) is 0 Å². The van der Waals surface area contributed by atoms with Crippen LogP contribution in [0.25, 0.3) is 0 Å². The smallest absolute Gasteiger partial charge is 0.0936 e. The van der Waals surface area contributed by atoms with Gasteiger partial charge in [0, 0.05) is 5.92 Å². The fourth-order valence-electron chi connectivity index (χ4n) is 3.46. The van der Waals surface area contributed by atoms with Crippen LogP contribution < -0.4 is 0 Å². The van der Waals surface area contributed by atoms with Crippen molar-refractivity contribution in [2.75, 3.05) is 6.61 Å². The number of hydrogen-bond acceptors (Lipinski definition) is 1. The summed E-state index contributed by atoms with van der Waals surface area (Å²) in [5.74, 6) is 2.12. The first kappa shape index (κ1) is 11.0. The molecule has 1 aromatic carbocycles. The van der Waals surface area contributed by atoms with E-state index in [4.69, 9.17) is 4.74 Å². The summed E-state index contributed by atoms with van der Waals surface area (Å²) in [4.78, 5) is 0. The van der Waals surface area contributed by atoms with Gasteiger partial charge in [0.15, 0.2) is 0 Å². The molecule has 1 spiro atoms. The van der Waals surface area contributed by atoms with E-state index in [0.717, 1.165) is 12.5 Å². The van der Waals surface area contributed by atoms with Crippen molar-refractivity contribution >= 4 is 0 Å². The van der Waals surface area contributed by atoms with Gasteiger partial charge in [-0.25, -0.2) is 0 Å². The van der Waals surface area contributed by atoms with E-state index < -0.39 is 0 Å². The van der Waals surface area contributed by atoms with Crippen LogP contribution in [0, 0.1) is 5.92 Å². The molecule has 0 N–H and O–H groups in total. The van der Waals surface area contributed by atoms with Crippen LogP contribution in [0.3, 0.4) is 0 Å². The lowest BCUT2D eigenvalue weighted by Gasteiger charge is -2.34. The summed E-state index contributed by atoms with van der Waals surface area (Å²) in [5.41, 5.74) is 4.81. The van der Waals surface area contributed by atoms with Gasteiger partial charge in [0.1, 0.15) is 0 Å². The van der Waals surface area contributed by atoms with E-state index in [1.54, 1.807) is 11.1 Å². The zero-order valence-corrected chi connectivity index (χ0v) is 11.4. The van der Waals surface area contributed by atoms with Crippen molar-refractivity contribution in [2.45, 2.75) is 57.0 Å². The first-order valence-electron chi connectivity index (χ1n) is 7.48. The molecular weight excluding hydrogens is 220 g/mol. The number of benzene rings is 1. The maximum absolute atomic E-state index is 6.23. The van der Waals surface area contributed by atoms with Gasteiger partial charge in [-0.1, -0.05) is 32.0 Å². The molecular formula is C17H22O. The molecule has 1 atom stereocenters. The third kappa shape index (κ3) is 1.56. The van der Waals surface area contributed by atoms with Crippen LogP contribution in [-0.4, -0.2) is 6.61 Å². The first-order valence-corrected chi connectivity index (χ1v) is 7.48. The second kappa shape index (κ2) is 3.60. The third-order valence-electron chi connectivity index (χ3n) is 5.06. The Bertz CT molecular complexity index is 480. The fourth-order valence-corrected chi connectivity index (χ4v) is 3.46. The number of fused-ring (bicyclic) bond motifs is 2. The molecule has 1 heteroatoms.